The van der Waals surface area contributed by atoms with Gasteiger partial charge in [0.15, 0.2) is 5.96 Å². The summed E-state index contributed by atoms with van der Waals surface area (Å²) in [5, 5.41) is 3.18. The largest absolute Gasteiger partial charge is 0.370 e. The highest BCUT2D eigenvalue weighted by atomic mass is 15.1. The molecule has 1 fully saturated rings. The van der Waals surface area contributed by atoms with E-state index in [1.54, 1.807) is 0 Å². The number of aliphatic imine (C=N–C) groups is 1. The van der Waals surface area contributed by atoms with Crippen molar-refractivity contribution in [3.63, 3.8) is 0 Å². The minimum Gasteiger partial charge on any atom is -0.370 e. The van der Waals surface area contributed by atoms with Crippen LogP contribution in [0.5, 0.6) is 0 Å². The zero-order valence-corrected chi connectivity index (χ0v) is 13.3. The van der Waals surface area contributed by atoms with Gasteiger partial charge in [-0.1, -0.05) is 26.0 Å². The fourth-order valence-electron chi connectivity index (χ4n) is 2.77. The van der Waals surface area contributed by atoms with Crippen LogP contribution in [-0.2, 0) is 6.42 Å². The van der Waals surface area contributed by atoms with Gasteiger partial charge in [0, 0.05) is 18.8 Å². The zero-order valence-electron chi connectivity index (χ0n) is 13.3. The monoisotopic (exact) mass is 288 g/mol. The number of nitrogens with zero attached hydrogens (tertiary/aromatic N) is 2. The van der Waals surface area contributed by atoms with E-state index >= 15 is 0 Å². The van der Waals surface area contributed by atoms with Crippen LogP contribution in [-0.4, -0.2) is 37.0 Å². The Kier molecular flexibility index (Phi) is 6.05. The smallest absolute Gasteiger partial charge is 0.193 e. The van der Waals surface area contributed by atoms with Crippen molar-refractivity contribution in [2.24, 2.45) is 16.6 Å². The molecule has 4 heteroatoms. The number of benzene rings is 1. The molecule has 0 aromatic heterocycles. The summed E-state index contributed by atoms with van der Waals surface area (Å²) in [6.07, 6.45) is 3.71. The number of nitrogens with two attached hydrogens (primary N) is 1. The maximum Gasteiger partial charge on any atom is 0.193 e. The number of likely N-dealkylation sites (tertiary alicyclic amines) is 1. The van der Waals surface area contributed by atoms with Gasteiger partial charge in [0.25, 0.3) is 0 Å². The quantitative estimate of drug-likeness (QED) is 0.625. The Bertz CT molecular complexity index is 464. The number of hydrogen-bond acceptors (Lipinski definition) is 2. The second-order valence-electron chi connectivity index (χ2n) is 6.02. The van der Waals surface area contributed by atoms with E-state index in [4.69, 9.17) is 5.73 Å². The highest BCUT2D eigenvalue weighted by Crippen LogP contribution is 2.12. The normalized spacial score (nSPS) is 17.9. The molecule has 0 bridgehead atoms. The molecule has 1 saturated heterocycles. The van der Waals surface area contributed by atoms with Crippen LogP contribution in [0.25, 0.3) is 0 Å². The molecule has 1 heterocycles. The van der Waals surface area contributed by atoms with Gasteiger partial charge in [0.1, 0.15) is 0 Å². The fourth-order valence-corrected chi connectivity index (χ4v) is 2.77. The molecule has 1 atom stereocenters. The van der Waals surface area contributed by atoms with Crippen LogP contribution in [0.2, 0.25) is 0 Å². The van der Waals surface area contributed by atoms with E-state index in [9.17, 15) is 0 Å². The first-order chi connectivity index (χ1) is 10.2. The van der Waals surface area contributed by atoms with Crippen molar-refractivity contribution < 1.29 is 0 Å². The summed E-state index contributed by atoms with van der Waals surface area (Å²) < 4.78 is 0. The fraction of sp³-hybridized carbons (Fsp3) is 0.588. The molecule has 0 aliphatic carbocycles. The molecule has 2 rings (SSSR count). The Morgan fingerprint density at radius 2 is 2.14 bits per heavy atom. The molecular formula is C17H28N4. The summed E-state index contributed by atoms with van der Waals surface area (Å²) in [7, 11) is 0. The van der Waals surface area contributed by atoms with E-state index in [2.05, 4.69) is 41.2 Å². The summed E-state index contributed by atoms with van der Waals surface area (Å²) in [5.41, 5.74) is 8.30. The van der Waals surface area contributed by atoms with E-state index in [0.29, 0.717) is 11.9 Å². The van der Waals surface area contributed by atoms with Gasteiger partial charge in [-0.15, -0.1) is 0 Å². The second kappa shape index (κ2) is 8.03. The first kappa shape index (κ1) is 15.8. The topological polar surface area (TPSA) is 53.6 Å². The molecule has 1 aromatic carbocycles. The van der Waals surface area contributed by atoms with Crippen LogP contribution in [0, 0.1) is 5.92 Å². The Morgan fingerprint density at radius 1 is 1.38 bits per heavy atom. The van der Waals surface area contributed by atoms with Gasteiger partial charge in [-0.3, -0.25) is 4.99 Å². The lowest BCUT2D eigenvalue weighted by Gasteiger charge is -2.18. The number of nitrogens with one attached hydrogen (secondary N) is 1. The van der Waals surface area contributed by atoms with Crippen molar-refractivity contribution in [1.29, 1.82) is 0 Å². The number of rotatable bonds is 6. The van der Waals surface area contributed by atoms with Gasteiger partial charge in [-0.2, -0.15) is 0 Å². The first-order valence-electron chi connectivity index (χ1n) is 8.05. The second-order valence-corrected chi connectivity index (χ2v) is 6.02. The van der Waals surface area contributed by atoms with Crippen LogP contribution >= 0.6 is 0 Å². The molecule has 0 radical (unpaired) electrons. The number of anilines is 1. The Labute approximate surface area is 128 Å². The zero-order chi connectivity index (χ0) is 15.1. The number of guanidine groups is 1. The molecule has 4 nitrogen and oxygen atoms in total. The molecule has 1 aromatic rings. The third-order valence-corrected chi connectivity index (χ3v) is 3.95. The SMILES string of the molecule is CCc1cccc(NC(N)=NCC(C)CN2CCCC2)c1. The Hall–Kier alpha value is -1.55. The van der Waals surface area contributed by atoms with Crippen molar-refractivity contribution in [3.8, 4) is 0 Å². The molecule has 0 amide bonds. The van der Waals surface area contributed by atoms with Gasteiger partial charge in [-0.05, 0) is 56.0 Å². The number of aryl methyl sites for hydroxylation is 1. The molecule has 1 unspecified atom stereocenters. The third kappa shape index (κ3) is 5.38. The Morgan fingerprint density at radius 3 is 2.86 bits per heavy atom. The van der Waals surface area contributed by atoms with E-state index in [-0.39, 0.29) is 0 Å². The molecule has 1 aliphatic rings. The third-order valence-electron chi connectivity index (χ3n) is 3.95. The standard InChI is InChI=1S/C17H28N4/c1-3-15-7-6-8-16(11-15)20-17(18)19-12-14(2)13-21-9-4-5-10-21/h6-8,11,14H,3-5,9-10,12-13H2,1-2H3,(H3,18,19,20). The van der Waals surface area contributed by atoms with Crippen LogP contribution in [0.4, 0.5) is 5.69 Å². The highest BCUT2D eigenvalue weighted by molar-refractivity contribution is 5.92. The maximum absolute atomic E-state index is 5.98. The minimum atomic E-state index is 0.511. The maximum atomic E-state index is 5.98. The molecule has 1 aliphatic heterocycles. The average molecular weight is 288 g/mol. The average Bonchev–Trinajstić information content (AvgIpc) is 2.98. The molecule has 116 valence electrons. The lowest BCUT2D eigenvalue weighted by molar-refractivity contribution is 0.292. The summed E-state index contributed by atoms with van der Waals surface area (Å²) >= 11 is 0. The Balaban J connectivity index is 1.79. The van der Waals surface area contributed by atoms with Gasteiger partial charge in [-0.25, -0.2) is 0 Å². The van der Waals surface area contributed by atoms with E-state index < -0.39 is 0 Å². The molecular weight excluding hydrogens is 260 g/mol. The predicted molar refractivity (Wildman–Crippen MR) is 90.8 cm³/mol. The summed E-state index contributed by atoms with van der Waals surface area (Å²) in [6, 6.07) is 8.31. The van der Waals surface area contributed by atoms with Crippen LogP contribution < -0.4 is 11.1 Å². The van der Waals surface area contributed by atoms with Crippen molar-refractivity contribution in [2.75, 3.05) is 31.5 Å². The van der Waals surface area contributed by atoms with Gasteiger partial charge >= 0.3 is 0 Å². The number of hydrogen-bond donors (Lipinski definition) is 2. The van der Waals surface area contributed by atoms with E-state index in [0.717, 1.165) is 25.2 Å². The first-order valence-corrected chi connectivity index (χ1v) is 8.05. The van der Waals surface area contributed by atoms with Crippen molar-refractivity contribution >= 4 is 11.6 Å². The molecule has 3 N–H and O–H groups in total. The van der Waals surface area contributed by atoms with Gasteiger partial charge < -0.3 is 16.0 Å². The van der Waals surface area contributed by atoms with Crippen molar-refractivity contribution in [2.45, 2.75) is 33.1 Å². The highest BCUT2D eigenvalue weighted by Gasteiger charge is 2.14. The van der Waals surface area contributed by atoms with Crippen molar-refractivity contribution in [1.82, 2.24) is 4.90 Å². The molecule has 0 spiro atoms. The minimum absolute atomic E-state index is 0.511. The lowest BCUT2D eigenvalue weighted by atomic mass is 10.1. The molecule has 21 heavy (non-hydrogen) atoms. The summed E-state index contributed by atoms with van der Waals surface area (Å²) in [4.78, 5) is 7.00. The van der Waals surface area contributed by atoms with E-state index in [1.807, 2.05) is 12.1 Å². The molecule has 0 saturated carbocycles. The van der Waals surface area contributed by atoms with E-state index in [1.165, 1.54) is 31.5 Å². The lowest BCUT2D eigenvalue weighted by Crippen LogP contribution is -2.28. The van der Waals surface area contributed by atoms with Crippen molar-refractivity contribution in [3.05, 3.63) is 29.8 Å². The van der Waals surface area contributed by atoms with Gasteiger partial charge in [0.05, 0.1) is 0 Å². The summed E-state index contributed by atoms with van der Waals surface area (Å²) in [6.45, 7) is 8.78. The summed E-state index contributed by atoms with van der Waals surface area (Å²) in [5.74, 6) is 1.06. The van der Waals surface area contributed by atoms with Gasteiger partial charge in [0.2, 0.25) is 0 Å². The van der Waals surface area contributed by atoms with Crippen LogP contribution in [0.15, 0.2) is 29.3 Å². The van der Waals surface area contributed by atoms with Crippen LogP contribution in [0.1, 0.15) is 32.3 Å². The van der Waals surface area contributed by atoms with Crippen LogP contribution in [0.3, 0.4) is 0 Å². The predicted octanol–water partition coefficient (Wildman–Crippen LogP) is 2.71.